The van der Waals surface area contributed by atoms with Crippen LogP contribution in [-0.4, -0.2) is 26.2 Å². The Morgan fingerprint density at radius 1 is 1.25 bits per heavy atom. The quantitative estimate of drug-likeness (QED) is 0.668. The van der Waals surface area contributed by atoms with Gasteiger partial charge in [0.2, 0.25) is 0 Å². The summed E-state index contributed by atoms with van der Waals surface area (Å²) < 4.78 is 0. The van der Waals surface area contributed by atoms with Crippen LogP contribution in [0.15, 0.2) is 0 Å². The molecule has 2 heteroatoms. The van der Waals surface area contributed by atoms with Crippen LogP contribution < -0.4 is 10.6 Å². The van der Waals surface area contributed by atoms with Crippen molar-refractivity contribution in [2.24, 2.45) is 5.92 Å². The van der Waals surface area contributed by atoms with Crippen LogP contribution in [0.5, 0.6) is 0 Å². The van der Waals surface area contributed by atoms with E-state index in [1.807, 2.05) is 7.05 Å². The number of rotatable bonds is 3. The fourth-order valence-electron chi connectivity index (χ4n) is 2.06. The minimum absolute atomic E-state index is 0.421. The molecule has 1 aliphatic carbocycles. The average Bonchev–Trinajstić information content (AvgIpc) is 2.10. The highest BCUT2D eigenvalue weighted by Gasteiger charge is 2.28. The third-order valence-electron chi connectivity index (χ3n) is 3.31. The molecule has 1 saturated carbocycles. The Hall–Kier alpha value is -0.0800. The molecule has 0 saturated heterocycles. The maximum absolute atomic E-state index is 3.42. The molecule has 0 unspecified atom stereocenters. The van der Waals surface area contributed by atoms with E-state index in [4.69, 9.17) is 0 Å². The van der Waals surface area contributed by atoms with Crippen LogP contribution >= 0.6 is 0 Å². The third kappa shape index (κ3) is 2.46. The van der Waals surface area contributed by atoms with E-state index in [0.717, 1.165) is 5.92 Å². The van der Waals surface area contributed by atoms with E-state index in [1.165, 1.54) is 32.2 Å². The van der Waals surface area contributed by atoms with E-state index < -0.39 is 0 Å². The van der Waals surface area contributed by atoms with Gasteiger partial charge in [0, 0.05) is 5.54 Å². The minimum atomic E-state index is 0.421. The van der Waals surface area contributed by atoms with Gasteiger partial charge in [0.25, 0.3) is 0 Å². The van der Waals surface area contributed by atoms with Gasteiger partial charge in [-0.05, 0) is 59.2 Å². The SMILES string of the molecule is CNCC1CCC(C)(NC)CC1. The monoisotopic (exact) mass is 170 g/mol. The Morgan fingerprint density at radius 2 is 1.83 bits per heavy atom. The smallest absolute Gasteiger partial charge is 0.0150 e. The zero-order valence-corrected chi connectivity index (χ0v) is 8.61. The lowest BCUT2D eigenvalue weighted by molar-refractivity contribution is 0.215. The zero-order chi connectivity index (χ0) is 9.03. The predicted octanol–water partition coefficient (Wildman–Crippen LogP) is 1.37. The Labute approximate surface area is 76.1 Å². The fourth-order valence-corrected chi connectivity index (χ4v) is 2.06. The van der Waals surface area contributed by atoms with E-state index in [0.29, 0.717) is 5.54 Å². The molecule has 0 aliphatic heterocycles. The van der Waals surface area contributed by atoms with Crippen LogP contribution in [0.1, 0.15) is 32.6 Å². The summed E-state index contributed by atoms with van der Waals surface area (Å²) in [6, 6.07) is 0. The molecule has 0 spiro atoms. The molecular formula is C10H22N2. The van der Waals surface area contributed by atoms with Crippen molar-refractivity contribution in [1.29, 1.82) is 0 Å². The van der Waals surface area contributed by atoms with Gasteiger partial charge in [0.15, 0.2) is 0 Å². The predicted molar refractivity (Wildman–Crippen MR) is 53.3 cm³/mol. The number of hydrogen-bond donors (Lipinski definition) is 2. The number of nitrogens with one attached hydrogen (secondary N) is 2. The van der Waals surface area contributed by atoms with E-state index in [-0.39, 0.29) is 0 Å². The van der Waals surface area contributed by atoms with Crippen molar-refractivity contribution in [3.8, 4) is 0 Å². The highest BCUT2D eigenvalue weighted by atomic mass is 14.9. The Kier molecular flexibility index (Phi) is 3.53. The fraction of sp³-hybridized carbons (Fsp3) is 1.00. The van der Waals surface area contributed by atoms with Crippen molar-refractivity contribution >= 4 is 0 Å². The molecule has 0 aromatic heterocycles. The van der Waals surface area contributed by atoms with Crippen molar-refractivity contribution in [3.05, 3.63) is 0 Å². The van der Waals surface area contributed by atoms with Crippen molar-refractivity contribution < 1.29 is 0 Å². The van der Waals surface area contributed by atoms with E-state index in [2.05, 4.69) is 24.6 Å². The molecule has 0 bridgehead atoms. The van der Waals surface area contributed by atoms with Gasteiger partial charge >= 0.3 is 0 Å². The first kappa shape index (κ1) is 10.0. The summed E-state index contributed by atoms with van der Waals surface area (Å²) in [5.74, 6) is 0.913. The summed E-state index contributed by atoms with van der Waals surface area (Å²) >= 11 is 0. The summed E-state index contributed by atoms with van der Waals surface area (Å²) in [4.78, 5) is 0. The van der Waals surface area contributed by atoms with Crippen LogP contribution in [0.2, 0.25) is 0 Å². The van der Waals surface area contributed by atoms with Crippen LogP contribution in [0.25, 0.3) is 0 Å². The third-order valence-corrected chi connectivity index (χ3v) is 3.31. The van der Waals surface area contributed by atoms with Gasteiger partial charge in [-0.3, -0.25) is 0 Å². The van der Waals surface area contributed by atoms with Gasteiger partial charge in [0.1, 0.15) is 0 Å². The molecule has 12 heavy (non-hydrogen) atoms. The molecule has 72 valence electrons. The lowest BCUT2D eigenvalue weighted by Gasteiger charge is -2.37. The van der Waals surface area contributed by atoms with Gasteiger partial charge in [-0.2, -0.15) is 0 Å². The Balaban J connectivity index is 2.29. The van der Waals surface area contributed by atoms with Gasteiger partial charge in [0.05, 0.1) is 0 Å². The van der Waals surface area contributed by atoms with Crippen molar-refractivity contribution in [2.75, 3.05) is 20.6 Å². The van der Waals surface area contributed by atoms with Gasteiger partial charge in [-0.15, -0.1) is 0 Å². The van der Waals surface area contributed by atoms with Crippen LogP contribution in [0, 0.1) is 5.92 Å². The largest absolute Gasteiger partial charge is 0.319 e. The molecule has 1 aliphatic rings. The normalized spacial score (nSPS) is 36.8. The highest BCUT2D eigenvalue weighted by molar-refractivity contribution is 4.87. The lowest BCUT2D eigenvalue weighted by Crippen LogP contribution is -2.43. The van der Waals surface area contributed by atoms with E-state index >= 15 is 0 Å². The standard InChI is InChI=1S/C10H22N2/c1-10(12-3)6-4-9(5-7-10)8-11-2/h9,11-12H,4-8H2,1-3H3. The Bertz CT molecular complexity index is 126. The molecule has 0 radical (unpaired) electrons. The zero-order valence-electron chi connectivity index (χ0n) is 8.61. The average molecular weight is 170 g/mol. The summed E-state index contributed by atoms with van der Waals surface area (Å²) in [5, 5.41) is 6.68. The molecule has 0 atom stereocenters. The molecule has 0 aromatic rings. The van der Waals surface area contributed by atoms with Crippen molar-refractivity contribution in [1.82, 2.24) is 10.6 Å². The molecule has 2 nitrogen and oxygen atoms in total. The van der Waals surface area contributed by atoms with Crippen LogP contribution in [0.3, 0.4) is 0 Å². The first-order chi connectivity index (χ1) is 5.70. The first-order valence-corrected chi connectivity index (χ1v) is 5.04. The van der Waals surface area contributed by atoms with Crippen LogP contribution in [0.4, 0.5) is 0 Å². The second kappa shape index (κ2) is 4.24. The van der Waals surface area contributed by atoms with Crippen molar-refractivity contribution in [3.63, 3.8) is 0 Å². The molecule has 2 N–H and O–H groups in total. The van der Waals surface area contributed by atoms with Crippen molar-refractivity contribution in [2.45, 2.75) is 38.1 Å². The summed E-state index contributed by atoms with van der Waals surface area (Å²) in [6.45, 7) is 3.53. The number of hydrogen-bond acceptors (Lipinski definition) is 2. The second-order valence-corrected chi connectivity index (χ2v) is 4.31. The molecule has 0 aromatic carbocycles. The minimum Gasteiger partial charge on any atom is -0.319 e. The molecule has 0 heterocycles. The van der Waals surface area contributed by atoms with E-state index in [9.17, 15) is 0 Å². The Morgan fingerprint density at radius 3 is 2.25 bits per heavy atom. The maximum Gasteiger partial charge on any atom is 0.0150 e. The molecular weight excluding hydrogens is 148 g/mol. The topological polar surface area (TPSA) is 24.1 Å². The van der Waals surface area contributed by atoms with Gasteiger partial charge < -0.3 is 10.6 Å². The first-order valence-electron chi connectivity index (χ1n) is 5.04. The highest BCUT2D eigenvalue weighted by Crippen LogP contribution is 2.30. The van der Waals surface area contributed by atoms with E-state index in [1.54, 1.807) is 0 Å². The second-order valence-electron chi connectivity index (χ2n) is 4.31. The maximum atomic E-state index is 3.42. The summed E-state index contributed by atoms with van der Waals surface area (Å²) in [6.07, 6.45) is 5.40. The summed E-state index contributed by atoms with van der Waals surface area (Å²) in [7, 11) is 4.13. The molecule has 0 amide bonds. The van der Waals surface area contributed by atoms with Crippen LogP contribution in [-0.2, 0) is 0 Å². The summed E-state index contributed by atoms with van der Waals surface area (Å²) in [5.41, 5.74) is 0.421. The molecule has 1 fully saturated rings. The van der Waals surface area contributed by atoms with Gasteiger partial charge in [-0.1, -0.05) is 0 Å². The van der Waals surface area contributed by atoms with Gasteiger partial charge in [-0.25, -0.2) is 0 Å². The lowest BCUT2D eigenvalue weighted by atomic mass is 9.78. The molecule has 1 rings (SSSR count).